The second kappa shape index (κ2) is 5.68. The monoisotopic (exact) mass is 346 g/mol. The SMILES string of the molecule is COC1CCc2cc(Cn3cnc4cc5c(cnn5C)cc43)c(C)cc21. The topological polar surface area (TPSA) is 44.9 Å². The number of nitrogens with zero attached hydrogens (tertiary/aromatic N) is 4. The zero-order chi connectivity index (χ0) is 17.8. The molecule has 132 valence electrons. The van der Waals surface area contributed by atoms with E-state index in [1.54, 1.807) is 7.11 Å². The van der Waals surface area contributed by atoms with Crippen molar-refractivity contribution < 1.29 is 4.74 Å². The molecule has 2 aromatic heterocycles. The van der Waals surface area contributed by atoms with Gasteiger partial charge in [-0.1, -0.05) is 12.1 Å². The van der Waals surface area contributed by atoms with Crippen LogP contribution >= 0.6 is 0 Å². The van der Waals surface area contributed by atoms with Crippen LogP contribution in [0.3, 0.4) is 0 Å². The summed E-state index contributed by atoms with van der Waals surface area (Å²) in [5.41, 5.74) is 8.74. The Morgan fingerprint density at radius 3 is 2.92 bits per heavy atom. The molecule has 2 heterocycles. The number of methoxy groups -OCH3 is 1. The second-order valence-electron chi connectivity index (χ2n) is 7.28. The number of ether oxygens (including phenoxy) is 1. The van der Waals surface area contributed by atoms with Crippen molar-refractivity contribution in [3.8, 4) is 0 Å². The Balaban J connectivity index is 1.56. The summed E-state index contributed by atoms with van der Waals surface area (Å²) < 4.78 is 9.74. The first-order valence-electron chi connectivity index (χ1n) is 9.05. The van der Waals surface area contributed by atoms with E-state index in [0.717, 1.165) is 41.3 Å². The largest absolute Gasteiger partial charge is 0.377 e. The standard InChI is InChI=1S/C21H22N4O/c1-13-6-17-14(4-5-21(17)26-3)7-16(13)11-25-12-22-18-9-19-15(8-20(18)25)10-23-24(19)2/h6-10,12,21H,4-5,11H2,1-3H3. The lowest BCUT2D eigenvalue weighted by atomic mass is 10.00. The summed E-state index contributed by atoms with van der Waals surface area (Å²) in [4.78, 5) is 4.61. The van der Waals surface area contributed by atoms with E-state index < -0.39 is 0 Å². The maximum Gasteiger partial charge on any atom is 0.0961 e. The lowest BCUT2D eigenvalue weighted by molar-refractivity contribution is 0.105. The molecule has 1 atom stereocenters. The average molecular weight is 346 g/mol. The highest BCUT2D eigenvalue weighted by atomic mass is 16.5. The van der Waals surface area contributed by atoms with Crippen LogP contribution in [0.2, 0.25) is 0 Å². The molecule has 1 aliphatic rings. The molecule has 2 aromatic carbocycles. The summed E-state index contributed by atoms with van der Waals surface area (Å²) in [6.07, 6.45) is 6.30. The van der Waals surface area contributed by atoms with E-state index in [1.165, 1.54) is 22.3 Å². The fourth-order valence-electron chi connectivity index (χ4n) is 4.21. The third-order valence-corrected chi connectivity index (χ3v) is 5.73. The van der Waals surface area contributed by atoms with Gasteiger partial charge in [0.25, 0.3) is 0 Å². The van der Waals surface area contributed by atoms with Crippen molar-refractivity contribution >= 4 is 21.9 Å². The van der Waals surface area contributed by atoms with Crippen LogP contribution in [0.25, 0.3) is 21.9 Å². The molecule has 0 bridgehead atoms. The number of rotatable bonds is 3. The Labute approximate surface area is 152 Å². The molecular formula is C21H22N4O. The minimum atomic E-state index is 0.255. The molecule has 0 saturated carbocycles. The third kappa shape index (κ3) is 2.27. The number of hydrogen-bond acceptors (Lipinski definition) is 3. The molecule has 0 fully saturated rings. The zero-order valence-electron chi connectivity index (χ0n) is 15.4. The highest BCUT2D eigenvalue weighted by molar-refractivity contribution is 5.93. The smallest absolute Gasteiger partial charge is 0.0961 e. The first-order valence-corrected chi connectivity index (χ1v) is 9.05. The van der Waals surface area contributed by atoms with Gasteiger partial charge in [0, 0.05) is 26.1 Å². The van der Waals surface area contributed by atoms with Crippen molar-refractivity contribution in [2.75, 3.05) is 7.11 Å². The Bertz CT molecular complexity index is 1140. The lowest BCUT2D eigenvalue weighted by Crippen LogP contribution is -2.03. The van der Waals surface area contributed by atoms with Crippen molar-refractivity contribution in [2.45, 2.75) is 32.4 Å². The van der Waals surface area contributed by atoms with Crippen molar-refractivity contribution in [3.63, 3.8) is 0 Å². The maximum atomic E-state index is 5.62. The number of aryl methyl sites for hydroxylation is 3. The molecule has 5 nitrogen and oxygen atoms in total. The Morgan fingerprint density at radius 2 is 2.08 bits per heavy atom. The lowest BCUT2D eigenvalue weighted by Gasteiger charge is -2.14. The Morgan fingerprint density at radius 1 is 1.19 bits per heavy atom. The van der Waals surface area contributed by atoms with Crippen LogP contribution in [0.15, 0.2) is 36.8 Å². The molecule has 0 amide bonds. The molecule has 0 N–H and O–H groups in total. The second-order valence-corrected chi connectivity index (χ2v) is 7.28. The van der Waals surface area contributed by atoms with E-state index >= 15 is 0 Å². The highest BCUT2D eigenvalue weighted by Gasteiger charge is 2.23. The van der Waals surface area contributed by atoms with Crippen molar-refractivity contribution in [2.24, 2.45) is 7.05 Å². The maximum absolute atomic E-state index is 5.62. The molecule has 5 heteroatoms. The predicted octanol–water partition coefficient (Wildman–Crippen LogP) is 3.91. The van der Waals surface area contributed by atoms with E-state index in [4.69, 9.17) is 4.74 Å². The quantitative estimate of drug-likeness (QED) is 0.565. The molecule has 26 heavy (non-hydrogen) atoms. The van der Waals surface area contributed by atoms with Crippen molar-refractivity contribution in [1.29, 1.82) is 0 Å². The minimum absolute atomic E-state index is 0.255. The molecule has 5 rings (SSSR count). The summed E-state index contributed by atoms with van der Waals surface area (Å²) in [5.74, 6) is 0. The van der Waals surface area contributed by atoms with Gasteiger partial charge in [0.2, 0.25) is 0 Å². The fraction of sp³-hybridized carbons (Fsp3) is 0.333. The van der Waals surface area contributed by atoms with E-state index in [9.17, 15) is 0 Å². The number of imidazole rings is 1. The molecule has 1 aliphatic carbocycles. The summed E-state index contributed by atoms with van der Waals surface area (Å²) in [6.45, 7) is 3.03. The van der Waals surface area contributed by atoms with Gasteiger partial charge in [0.15, 0.2) is 0 Å². The van der Waals surface area contributed by atoms with Gasteiger partial charge in [0.05, 0.1) is 35.2 Å². The molecule has 0 radical (unpaired) electrons. The normalized spacial score (nSPS) is 16.7. The molecule has 1 unspecified atom stereocenters. The van der Waals surface area contributed by atoms with Crippen LogP contribution < -0.4 is 0 Å². The number of aromatic nitrogens is 4. The molecule has 4 aromatic rings. The van der Waals surface area contributed by atoms with Gasteiger partial charge in [-0.15, -0.1) is 0 Å². The Kier molecular flexibility index (Phi) is 3.40. The van der Waals surface area contributed by atoms with Crippen LogP contribution in [-0.2, 0) is 24.8 Å². The Hall–Kier alpha value is -2.66. The van der Waals surface area contributed by atoms with Gasteiger partial charge >= 0.3 is 0 Å². The van der Waals surface area contributed by atoms with Crippen LogP contribution in [0.5, 0.6) is 0 Å². The van der Waals surface area contributed by atoms with E-state index in [0.29, 0.717) is 0 Å². The highest BCUT2D eigenvalue weighted by Crippen LogP contribution is 2.35. The number of hydrogen-bond donors (Lipinski definition) is 0. The first-order chi connectivity index (χ1) is 12.6. The van der Waals surface area contributed by atoms with Gasteiger partial charge in [-0.2, -0.15) is 5.10 Å². The van der Waals surface area contributed by atoms with E-state index in [-0.39, 0.29) is 6.10 Å². The third-order valence-electron chi connectivity index (χ3n) is 5.73. The number of benzene rings is 2. The summed E-state index contributed by atoms with van der Waals surface area (Å²) in [6, 6.07) is 8.98. The fourth-order valence-corrected chi connectivity index (χ4v) is 4.21. The molecule has 0 saturated heterocycles. The summed E-state index contributed by atoms with van der Waals surface area (Å²) >= 11 is 0. The minimum Gasteiger partial charge on any atom is -0.377 e. The average Bonchev–Trinajstić information content (AvgIpc) is 3.32. The predicted molar refractivity (Wildman–Crippen MR) is 102 cm³/mol. The van der Waals surface area contributed by atoms with Crippen LogP contribution in [0.4, 0.5) is 0 Å². The van der Waals surface area contributed by atoms with E-state index in [1.807, 2.05) is 24.3 Å². The van der Waals surface area contributed by atoms with Crippen LogP contribution in [-0.4, -0.2) is 26.4 Å². The van der Waals surface area contributed by atoms with E-state index in [2.05, 4.69) is 45.8 Å². The molecule has 0 aliphatic heterocycles. The van der Waals surface area contributed by atoms with Gasteiger partial charge < -0.3 is 9.30 Å². The molecular weight excluding hydrogens is 324 g/mol. The van der Waals surface area contributed by atoms with Gasteiger partial charge in [-0.25, -0.2) is 4.98 Å². The van der Waals surface area contributed by atoms with Crippen LogP contribution in [0, 0.1) is 6.92 Å². The van der Waals surface area contributed by atoms with Gasteiger partial charge in [0.1, 0.15) is 0 Å². The summed E-state index contributed by atoms with van der Waals surface area (Å²) in [7, 11) is 3.77. The van der Waals surface area contributed by atoms with Gasteiger partial charge in [-0.3, -0.25) is 4.68 Å². The van der Waals surface area contributed by atoms with Gasteiger partial charge in [-0.05, 0) is 54.2 Å². The molecule has 0 spiro atoms. The first kappa shape index (κ1) is 15.6. The summed E-state index contributed by atoms with van der Waals surface area (Å²) in [5, 5.41) is 5.50. The van der Waals surface area contributed by atoms with Crippen LogP contribution in [0.1, 0.15) is 34.8 Å². The number of fused-ring (bicyclic) bond motifs is 3. The zero-order valence-corrected chi connectivity index (χ0v) is 15.4. The van der Waals surface area contributed by atoms with Crippen molar-refractivity contribution in [3.05, 3.63) is 59.0 Å². The van der Waals surface area contributed by atoms with Crippen molar-refractivity contribution in [1.82, 2.24) is 19.3 Å².